The van der Waals surface area contributed by atoms with Crippen molar-refractivity contribution < 1.29 is 33.1 Å². The van der Waals surface area contributed by atoms with Gasteiger partial charge in [0, 0.05) is 30.8 Å². The molecule has 1 aliphatic heterocycles. The maximum Gasteiger partial charge on any atom is 0.338 e. The molecule has 0 bridgehead atoms. The molecule has 0 spiro atoms. The van der Waals surface area contributed by atoms with E-state index >= 15 is 0 Å². The van der Waals surface area contributed by atoms with Crippen LogP contribution in [-0.2, 0) is 27.4 Å². The number of nitrogens with zero attached hydrogens (tertiary/aromatic N) is 1. The van der Waals surface area contributed by atoms with Crippen molar-refractivity contribution in [1.29, 1.82) is 0 Å². The Balaban J connectivity index is 1.73. The summed E-state index contributed by atoms with van der Waals surface area (Å²) in [5.41, 5.74) is 0.868. The van der Waals surface area contributed by atoms with Gasteiger partial charge in [0.1, 0.15) is 23.9 Å². The van der Waals surface area contributed by atoms with E-state index in [1.165, 1.54) is 31.4 Å². The largest absolute Gasteiger partial charge is 0.467 e. The lowest BCUT2D eigenvalue weighted by molar-refractivity contribution is -0.384. The predicted octanol–water partition coefficient (Wildman–Crippen LogP) is 3.02. The number of methoxy groups -OCH3 is 1. The van der Waals surface area contributed by atoms with Crippen molar-refractivity contribution in [2.75, 3.05) is 32.4 Å². The molecular weight excluding hydrogens is 387 g/mol. The molecule has 154 valence electrons. The Kier molecular flexibility index (Phi) is 6.57. The highest BCUT2D eigenvalue weighted by molar-refractivity contribution is 5.91. The molecule has 0 atom stereocenters. The first-order valence-corrected chi connectivity index (χ1v) is 8.70. The fourth-order valence-corrected chi connectivity index (χ4v) is 2.84. The van der Waals surface area contributed by atoms with Crippen LogP contribution in [0.4, 0.5) is 15.8 Å². The summed E-state index contributed by atoms with van der Waals surface area (Å²) >= 11 is 0. The van der Waals surface area contributed by atoms with E-state index in [-0.39, 0.29) is 36.9 Å². The van der Waals surface area contributed by atoms with Crippen molar-refractivity contribution in [2.45, 2.75) is 13.2 Å². The number of nitrogens with one attached hydrogen (secondary N) is 1. The fraction of sp³-hybridized carbons (Fsp3) is 0.316. The molecule has 9 nitrogen and oxygen atoms in total. The molecule has 29 heavy (non-hydrogen) atoms. The molecule has 3 rings (SSSR count). The van der Waals surface area contributed by atoms with Gasteiger partial charge in [-0.2, -0.15) is 0 Å². The molecule has 0 amide bonds. The second-order valence-electron chi connectivity index (χ2n) is 6.15. The second kappa shape index (κ2) is 9.30. The van der Waals surface area contributed by atoms with E-state index in [4.69, 9.17) is 18.9 Å². The number of carbonyl (C=O) groups excluding carboxylic acids is 1. The lowest BCUT2D eigenvalue weighted by atomic mass is 10.1. The zero-order chi connectivity index (χ0) is 20.8. The first kappa shape index (κ1) is 20.5. The Morgan fingerprint density at radius 3 is 2.93 bits per heavy atom. The second-order valence-corrected chi connectivity index (χ2v) is 6.15. The molecule has 0 aliphatic carbocycles. The molecule has 0 radical (unpaired) electrons. The molecular formula is C19H19FN2O7. The summed E-state index contributed by atoms with van der Waals surface area (Å²) in [6.07, 6.45) is 0. The van der Waals surface area contributed by atoms with E-state index in [1.807, 2.05) is 0 Å². The highest BCUT2D eigenvalue weighted by atomic mass is 19.1. The summed E-state index contributed by atoms with van der Waals surface area (Å²) in [6, 6.07) is 6.47. The van der Waals surface area contributed by atoms with Crippen LogP contribution in [0.25, 0.3) is 0 Å². The number of esters is 1. The minimum atomic E-state index is -0.776. The third-order valence-corrected chi connectivity index (χ3v) is 4.16. The quantitative estimate of drug-likeness (QED) is 0.308. The van der Waals surface area contributed by atoms with Gasteiger partial charge in [-0.15, -0.1) is 0 Å². The van der Waals surface area contributed by atoms with Gasteiger partial charge in [0.15, 0.2) is 6.79 Å². The van der Waals surface area contributed by atoms with Crippen LogP contribution in [0.15, 0.2) is 30.3 Å². The van der Waals surface area contributed by atoms with Crippen molar-refractivity contribution in [3.05, 3.63) is 63.0 Å². The van der Waals surface area contributed by atoms with Gasteiger partial charge in [-0.05, 0) is 24.3 Å². The Morgan fingerprint density at radius 1 is 1.34 bits per heavy atom. The smallest absolute Gasteiger partial charge is 0.338 e. The summed E-state index contributed by atoms with van der Waals surface area (Å²) in [7, 11) is 1.52. The molecule has 1 N–H and O–H groups in total. The topological polar surface area (TPSA) is 109 Å². The van der Waals surface area contributed by atoms with Gasteiger partial charge in [0.25, 0.3) is 5.69 Å². The zero-order valence-electron chi connectivity index (χ0n) is 15.6. The first-order chi connectivity index (χ1) is 14.0. The van der Waals surface area contributed by atoms with Crippen LogP contribution in [0.2, 0.25) is 0 Å². The number of nitro benzene ring substituents is 1. The summed E-state index contributed by atoms with van der Waals surface area (Å²) < 4.78 is 34.4. The molecule has 2 aromatic carbocycles. The maximum absolute atomic E-state index is 13.8. The van der Waals surface area contributed by atoms with Gasteiger partial charge in [-0.3, -0.25) is 10.1 Å². The SMILES string of the molecule is COCCNc1ccc(C(=O)OCc2cc(F)cc3c2OCOC3)cc1[N+](=O)[O-]. The summed E-state index contributed by atoms with van der Waals surface area (Å²) in [4.78, 5) is 23.1. The number of anilines is 1. The van der Waals surface area contributed by atoms with E-state index in [0.717, 1.165) is 6.07 Å². The molecule has 0 unspecified atom stereocenters. The van der Waals surface area contributed by atoms with Crippen molar-refractivity contribution in [1.82, 2.24) is 0 Å². The highest BCUT2D eigenvalue weighted by Crippen LogP contribution is 2.30. The molecule has 0 saturated carbocycles. The van der Waals surface area contributed by atoms with Crippen LogP contribution in [0.5, 0.6) is 5.75 Å². The molecule has 1 heterocycles. The average molecular weight is 406 g/mol. The van der Waals surface area contributed by atoms with Crippen LogP contribution in [0.3, 0.4) is 0 Å². The molecule has 10 heteroatoms. The number of carbonyl (C=O) groups is 1. The zero-order valence-corrected chi connectivity index (χ0v) is 15.6. The van der Waals surface area contributed by atoms with Gasteiger partial charge >= 0.3 is 5.97 Å². The Labute approximate surface area is 165 Å². The van der Waals surface area contributed by atoms with E-state index in [2.05, 4.69) is 5.32 Å². The third-order valence-electron chi connectivity index (χ3n) is 4.16. The minimum absolute atomic E-state index is 0.00325. The number of hydrogen-bond acceptors (Lipinski definition) is 8. The van der Waals surface area contributed by atoms with Gasteiger partial charge in [0.2, 0.25) is 0 Å². The average Bonchev–Trinajstić information content (AvgIpc) is 2.71. The number of fused-ring (bicyclic) bond motifs is 1. The number of benzene rings is 2. The van der Waals surface area contributed by atoms with Gasteiger partial charge in [-0.25, -0.2) is 9.18 Å². The monoisotopic (exact) mass is 406 g/mol. The van der Waals surface area contributed by atoms with Gasteiger partial charge < -0.3 is 24.3 Å². The maximum atomic E-state index is 13.8. The van der Waals surface area contributed by atoms with Crippen molar-refractivity contribution in [3.8, 4) is 5.75 Å². The van der Waals surface area contributed by atoms with E-state index in [0.29, 0.717) is 30.0 Å². The lowest BCUT2D eigenvalue weighted by Gasteiger charge is -2.20. The number of halogens is 1. The fourth-order valence-electron chi connectivity index (χ4n) is 2.84. The van der Waals surface area contributed by atoms with E-state index < -0.39 is 16.7 Å². The first-order valence-electron chi connectivity index (χ1n) is 8.70. The normalized spacial score (nSPS) is 12.6. The van der Waals surface area contributed by atoms with Crippen molar-refractivity contribution in [3.63, 3.8) is 0 Å². The van der Waals surface area contributed by atoms with Crippen LogP contribution in [0.1, 0.15) is 21.5 Å². The van der Waals surface area contributed by atoms with Crippen molar-refractivity contribution in [2.24, 2.45) is 0 Å². The third kappa shape index (κ3) is 4.98. The minimum Gasteiger partial charge on any atom is -0.467 e. The van der Waals surface area contributed by atoms with Crippen LogP contribution >= 0.6 is 0 Å². The lowest BCUT2D eigenvalue weighted by Crippen LogP contribution is -2.15. The van der Waals surface area contributed by atoms with Gasteiger partial charge in [-0.1, -0.05) is 0 Å². The molecule has 2 aromatic rings. The van der Waals surface area contributed by atoms with Crippen LogP contribution in [0, 0.1) is 15.9 Å². The van der Waals surface area contributed by atoms with Gasteiger partial charge in [0.05, 0.1) is 23.7 Å². The Morgan fingerprint density at radius 2 is 2.17 bits per heavy atom. The number of hydrogen-bond donors (Lipinski definition) is 1. The van der Waals surface area contributed by atoms with E-state index in [1.54, 1.807) is 0 Å². The highest BCUT2D eigenvalue weighted by Gasteiger charge is 2.21. The van der Waals surface area contributed by atoms with Crippen LogP contribution in [-0.4, -0.2) is 37.9 Å². The Hall–Kier alpha value is -3.24. The molecule has 0 aromatic heterocycles. The molecule has 0 saturated heterocycles. The summed E-state index contributed by atoms with van der Waals surface area (Å²) in [5, 5.41) is 14.2. The predicted molar refractivity (Wildman–Crippen MR) is 99.3 cm³/mol. The summed E-state index contributed by atoms with van der Waals surface area (Å²) in [5.74, 6) is -0.873. The molecule has 0 fully saturated rings. The number of rotatable bonds is 8. The number of ether oxygens (including phenoxy) is 4. The Bertz CT molecular complexity index is 920. The standard InChI is InChI=1S/C19H19FN2O7/c1-26-5-4-21-16-3-2-12(8-17(16)22(24)25)19(23)28-10-14-7-15(20)6-13-9-27-11-29-18(13)14/h2-3,6-8,21H,4-5,9-11H2,1H3. The molecule has 1 aliphatic rings. The van der Waals surface area contributed by atoms with E-state index in [9.17, 15) is 19.3 Å². The van der Waals surface area contributed by atoms with Crippen LogP contribution < -0.4 is 10.1 Å². The number of nitro groups is 1. The van der Waals surface area contributed by atoms with Crippen molar-refractivity contribution >= 4 is 17.3 Å². The summed E-state index contributed by atoms with van der Waals surface area (Å²) in [6.45, 7) is 0.698.